The van der Waals surface area contributed by atoms with E-state index in [-0.39, 0.29) is 30.8 Å². The third kappa shape index (κ3) is 8.91. The highest BCUT2D eigenvalue weighted by Gasteiger charge is 2.32. The fraction of sp³-hybridized carbons (Fsp3) is 0.667. The summed E-state index contributed by atoms with van der Waals surface area (Å²) in [6.07, 6.45) is -0.763. The number of hydrogen-bond donors (Lipinski definition) is 2. The first-order valence-corrected chi connectivity index (χ1v) is 10.6. The number of alkyl halides is 3. The molecule has 3 rings (SSSR count). The molecule has 0 atom stereocenters. The maximum atomic E-state index is 12.5. The molecule has 10 heteroatoms. The molecule has 6 nitrogen and oxygen atoms in total. The molecule has 2 aliphatic rings. The van der Waals surface area contributed by atoms with Crippen LogP contribution in [0.2, 0.25) is 0 Å². The number of guanidine groups is 1. The zero-order valence-corrected chi connectivity index (χ0v) is 20.2. The lowest BCUT2D eigenvalue weighted by Crippen LogP contribution is -2.40. The Hall–Kier alpha value is -1.43. The van der Waals surface area contributed by atoms with Gasteiger partial charge in [-0.3, -0.25) is 9.89 Å². The number of ether oxygens (including phenoxy) is 2. The Morgan fingerprint density at radius 3 is 2.61 bits per heavy atom. The van der Waals surface area contributed by atoms with Gasteiger partial charge in [0, 0.05) is 19.6 Å². The molecule has 176 valence electrons. The molecule has 0 aromatic heterocycles. The molecule has 31 heavy (non-hydrogen) atoms. The second kappa shape index (κ2) is 12.6. The van der Waals surface area contributed by atoms with E-state index in [1.807, 2.05) is 25.1 Å². The van der Waals surface area contributed by atoms with Crippen LogP contribution in [0.3, 0.4) is 0 Å². The Balaban J connectivity index is 0.00000341. The van der Waals surface area contributed by atoms with Crippen LogP contribution in [-0.4, -0.2) is 63.1 Å². The van der Waals surface area contributed by atoms with Crippen LogP contribution in [-0.2, 0) is 6.42 Å². The molecular formula is C21H32F3IN4O2. The van der Waals surface area contributed by atoms with Crippen molar-refractivity contribution in [2.45, 2.75) is 38.8 Å². The Bertz CT molecular complexity index is 710. The Kier molecular flexibility index (Phi) is 10.5. The Morgan fingerprint density at radius 1 is 1.16 bits per heavy atom. The van der Waals surface area contributed by atoms with E-state index in [0.717, 1.165) is 61.8 Å². The molecule has 0 amide bonds. The van der Waals surface area contributed by atoms with Gasteiger partial charge in [0.1, 0.15) is 0 Å². The van der Waals surface area contributed by atoms with Gasteiger partial charge in [0.15, 0.2) is 17.5 Å². The zero-order valence-electron chi connectivity index (χ0n) is 17.8. The van der Waals surface area contributed by atoms with Crippen LogP contribution < -0.4 is 20.1 Å². The average Bonchev–Trinajstić information content (AvgIpc) is 3.16. The monoisotopic (exact) mass is 556 g/mol. The summed E-state index contributed by atoms with van der Waals surface area (Å²) in [5.74, 6) is 2.78. The fourth-order valence-corrected chi connectivity index (χ4v) is 3.81. The van der Waals surface area contributed by atoms with E-state index >= 15 is 0 Å². The van der Waals surface area contributed by atoms with Crippen molar-refractivity contribution in [2.24, 2.45) is 10.9 Å². The lowest BCUT2D eigenvalue weighted by atomic mass is 9.93. The summed E-state index contributed by atoms with van der Waals surface area (Å²) < 4.78 is 48.2. The van der Waals surface area contributed by atoms with E-state index in [4.69, 9.17) is 9.47 Å². The number of hydrogen-bond acceptors (Lipinski definition) is 4. The summed E-state index contributed by atoms with van der Waals surface area (Å²) in [6.45, 7) is 4.70. The van der Waals surface area contributed by atoms with E-state index in [2.05, 4.69) is 15.6 Å². The molecule has 0 saturated carbocycles. The fourth-order valence-electron chi connectivity index (χ4n) is 3.81. The van der Waals surface area contributed by atoms with Crippen molar-refractivity contribution in [3.63, 3.8) is 0 Å². The molecule has 2 aliphatic heterocycles. The minimum Gasteiger partial charge on any atom is -0.454 e. The second-order valence-corrected chi connectivity index (χ2v) is 7.75. The number of rotatable bonds is 8. The molecule has 1 fully saturated rings. The summed E-state index contributed by atoms with van der Waals surface area (Å²) in [5, 5.41) is 6.58. The van der Waals surface area contributed by atoms with Crippen LogP contribution in [0.5, 0.6) is 11.5 Å². The van der Waals surface area contributed by atoms with Gasteiger partial charge in [-0.2, -0.15) is 13.2 Å². The van der Waals surface area contributed by atoms with Crippen LogP contribution in [0, 0.1) is 5.92 Å². The van der Waals surface area contributed by atoms with Crippen molar-refractivity contribution in [3.8, 4) is 11.5 Å². The Labute approximate surface area is 199 Å². The van der Waals surface area contributed by atoms with Crippen LogP contribution in [0.1, 0.15) is 31.7 Å². The second-order valence-electron chi connectivity index (χ2n) is 7.75. The van der Waals surface area contributed by atoms with Crippen LogP contribution in [0.15, 0.2) is 23.2 Å². The molecule has 2 N–H and O–H groups in total. The molecular weight excluding hydrogens is 524 g/mol. The van der Waals surface area contributed by atoms with Gasteiger partial charge in [-0.1, -0.05) is 6.07 Å². The number of fused-ring (bicyclic) bond motifs is 1. The first kappa shape index (κ1) is 25.8. The predicted molar refractivity (Wildman–Crippen MR) is 126 cm³/mol. The maximum Gasteiger partial charge on any atom is 0.401 e. The van der Waals surface area contributed by atoms with Crippen LogP contribution in [0.25, 0.3) is 0 Å². The molecule has 1 aromatic carbocycles. The van der Waals surface area contributed by atoms with Crippen molar-refractivity contribution < 1.29 is 22.6 Å². The number of nitrogens with zero attached hydrogens (tertiary/aromatic N) is 2. The SMILES string of the molecule is CCNC(=NCCC1CCN(CC(F)(F)F)CC1)NCCc1ccc2c(c1)OCO2.I. The van der Waals surface area contributed by atoms with Crippen molar-refractivity contribution >= 4 is 29.9 Å². The summed E-state index contributed by atoms with van der Waals surface area (Å²) in [7, 11) is 0. The van der Waals surface area contributed by atoms with Crippen molar-refractivity contribution in [2.75, 3.05) is 46.1 Å². The normalized spacial score (nSPS) is 17.4. The quantitative estimate of drug-likeness (QED) is 0.290. The van der Waals surface area contributed by atoms with Gasteiger partial charge in [-0.25, -0.2) is 0 Å². The van der Waals surface area contributed by atoms with E-state index in [0.29, 0.717) is 25.6 Å². The highest BCUT2D eigenvalue weighted by atomic mass is 127. The van der Waals surface area contributed by atoms with E-state index in [9.17, 15) is 13.2 Å². The minimum atomic E-state index is -4.11. The highest BCUT2D eigenvalue weighted by molar-refractivity contribution is 14.0. The van der Waals surface area contributed by atoms with Gasteiger partial charge >= 0.3 is 6.18 Å². The molecule has 1 aromatic rings. The van der Waals surface area contributed by atoms with Crippen molar-refractivity contribution in [3.05, 3.63) is 23.8 Å². The summed E-state index contributed by atoms with van der Waals surface area (Å²) >= 11 is 0. The van der Waals surface area contributed by atoms with Gasteiger partial charge in [-0.15, -0.1) is 24.0 Å². The van der Waals surface area contributed by atoms with Crippen molar-refractivity contribution in [1.82, 2.24) is 15.5 Å². The third-order valence-corrected chi connectivity index (χ3v) is 5.40. The predicted octanol–water partition coefficient (Wildman–Crippen LogP) is 3.80. The molecule has 0 spiro atoms. The highest BCUT2D eigenvalue weighted by Crippen LogP contribution is 2.32. The lowest BCUT2D eigenvalue weighted by Gasteiger charge is -2.32. The molecule has 0 aliphatic carbocycles. The average molecular weight is 556 g/mol. The maximum absolute atomic E-state index is 12.5. The summed E-state index contributed by atoms with van der Waals surface area (Å²) in [6, 6.07) is 5.96. The van der Waals surface area contributed by atoms with E-state index < -0.39 is 12.7 Å². The topological polar surface area (TPSA) is 58.1 Å². The first-order valence-electron chi connectivity index (χ1n) is 10.6. The largest absolute Gasteiger partial charge is 0.454 e. The van der Waals surface area contributed by atoms with Gasteiger partial charge in [-0.05, 0) is 69.3 Å². The van der Waals surface area contributed by atoms with Gasteiger partial charge in [0.25, 0.3) is 0 Å². The molecule has 0 bridgehead atoms. The van der Waals surface area contributed by atoms with Crippen molar-refractivity contribution in [1.29, 1.82) is 0 Å². The third-order valence-electron chi connectivity index (χ3n) is 5.40. The number of halogens is 4. The number of piperidine rings is 1. The number of aliphatic imine (C=N–C) groups is 1. The molecule has 1 saturated heterocycles. The molecule has 0 radical (unpaired) electrons. The van der Waals surface area contributed by atoms with Crippen LogP contribution in [0.4, 0.5) is 13.2 Å². The minimum absolute atomic E-state index is 0. The smallest absolute Gasteiger partial charge is 0.401 e. The standard InChI is InChI=1S/C21H31F3N4O2.HI/c1-2-25-20(27-10-6-17-3-4-18-19(13-17)30-15-29-18)26-9-5-16-7-11-28(12-8-16)14-21(22,23)24;/h3-4,13,16H,2,5-12,14-15H2,1H3,(H2,25,26,27);1H. The van der Waals surface area contributed by atoms with Gasteiger partial charge in [0.2, 0.25) is 6.79 Å². The summed E-state index contributed by atoms with van der Waals surface area (Å²) in [5.41, 5.74) is 1.16. The van der Waals surface area contributed by atoms with E-state index in [1.165, 1.54) is 4.90 Å². The first-order chi connectivity index (χ1) is 14.4. The summed E-state index contributed by atoms with van der Waals surface area (Å²) in [4.78, 5) is 6.13. The zero-order chi connectivity index (χ0) is 21.4. The Morgan fingerprint density at radius 2 is 1.90 bits per heavy atom. The molecule has 0 unspecified atom stereocenters. The van der Waals surface area contributed by atoms with Gasteiger partial charge in [0.05, 0.1) is 6.54 Å². The number of likely N-dealkylation sites (tertiary alicyclic amines) is 1. The number of benzene rings is 1. The van der Waals surface area contributed by atoms with Crippen LogP contribution >= 0.6 is 24.0 Å². The van der Waals surface area contributed by atoms with E-state index in [1.54, 1.807) is 0 Å². The lowest BCUT2D eigenvalue weighted by molar-refractivity contribution is -0.148. The number of nitrogens with one attached hydrogen (secondary N) is 2. The molecule has 2 heterocycles. The van der Waals surface area contributed by atoms with Gasteiger partial charge < -0.3 is 20.1 Å².